The Morgan fingerprint density at radius 2 is 1.00 bits per heavy atom. The largest absolute Gasteiger partial charge is 0.330 e. The SMILES string of the molecule is CN1CCCN(CCCN)CCN(CCCN)CCCN(C)CC1. The van der Waals surface area contributed by atoms with Gasteiger partial charge < -0.3 is 31.1 Å². The van der Waals surface area contributed by atoms with Crippen molar-refractivity contribution in [1.29, 1.82) is 0 Å². The first kappa shape index (κ1) is 21.8. The van der Waals surface area contributed by atoms with Crippen molar-refractivity contribution >= 4 is 0 Å². The molecule has 24 heavy (non-hydrogen) atoms. The molecule has 0 bridgehead atoms. The van der Waals surface area contributed by atoms with E-state index < -0.39 is 0 Å². The van der Waals surface area contributed by atoms with Gasteiger partial charge in [0.15, 0.2) is 0 Å². The summed E-state index contributed by atoms with van der Waals surface area (Å²) >= 11 is 0. The number of hydrogen-bond donors (Lipinski definition) is 2. The highest BCUT2D eigenvalue weighted by molar-refractivity contribution is 4.68. The summed E-state index contributed by atoms with van der Waals surface area (Å²) in [6.07, 6.45) is 4.69. The van der Waals surface area contributed by atoms with Gasteiger partial charge in [0.1, 0.15) is 0 Å². The summed E-state index contributed by atoms with van der Waals surface area (Å²) < 4.78 is 0. The summed E-state index contributed by atoms with van der Waals surface area (Å²) in [5, 5.41) is 0. The molecular formula is C18H42N6. The van der Waals surface area contributed by atoms with E-state index in [4.69, 9.17) is 11.5 Å². The lowest BCUT2D eigenvalue weighted by Crippen LogP contribution is -2.40. The molecule has 0 spiro atoms. The maximum Gasteiger partial charge on any atom is 0.0109 e. The number of likely N-dealkylation sites (N-methyl/N-ethyl adjacent to an activating group) is 2. The average molecular weight is 343 g/mol. The van der Waals surface area contributed by atoms with Crippen molar-refractivity contribution in [3.63, 3.8) is 0 Å². The molecule has 6 nitrogen and oxygen atoms in total. The molecule has 0 aromatic carbocycles. The lowest BCUT2D eigenvalue weighted by atomic mass is 10.2. The Morgan fingerprint density at radius 1 is 0.583 bits per heavy atom. The number of rotatable bonds is 6. The third-order valence-corrected chi connectivity index (χ3v) is 4.98. The van der Waals surface area contributed by atoms with Gasteiger partial charge in [-0.3, -0.25) is 0 Å². The first-order valence-corrected chi connectivity index (χ1v) is 9.87. The third kappa shape index (κ3) is 10.6. The summed E-state index contributed by atoms with van der Waals surface area (Å²) in [7, 11) is 4.50. The second-order valence-corrected chi connectivity index (χ2v) is 7.28. The summed E-state index contributed by atoms with van der Waals surface area (Å²) in [5.41, 5.74) is 11.4. The fourth-order valence-electron chi connectivity index (χ4n) is 3.28. The molecule has 1 aliphatic rings. The van der Waals surface area contributed by atoms with Crippen LogP contribution < -0.4 is 11.5 Å². The third-order valence-electron chi connectivity index (χ3n) is 4.98. The minimum atomic E-state index is 0.791. The van der Waals surface area contributed by atoms with Gasteiger partial charge in [-0.2, -0.15) is 0 Å². The predicted molar refractivity (Wildman–Crippen MR) is 104 cm³/mol. The molecule has 1 saturated heterocycles. The van der Waals surface area contributed by atoms with Crippen LogP contribution in [0.25, 0.3) is 0 Å². The van der Waals surface area contributed by atoms with Crippen LogP contribution in [0.3, 0.4) is 0 Å². The topological polar surface area (TPSA) is 65.0 Å². The highest BCUT2D eigenvalue weighted by Crippen LogP contribution is 2.02. The highest BCUT2D eigenvalue weighted by Gasteiger charge is 2.11. The van der Waals surface area contributed by atoms with Gasteiger partial charge in [-0.25, -0.2) is 0 Å². The van der Waals surface area contributed by atoms with Crippen molar-refractivity contribution < 1.29 is 0 Å². The van der Waals surface area contributed by atoms with Crippen LogP contribution >= 0.6 is 0 Å². The van der Waals surface area contributed by atoms with Gasteiger partial charge in [0, 0.05) is 26.2 Å². The number of hydrogen-bond acceptors (Lipinski definition) is 6. The molecule has 1 aliphatic heterocycles. The molecule has 0 saturated carbocycles. The Hall–Kier alpha value is -0.240. The van der Waals surface area contributed by atoms with E-state index in [0.717, 1.165) is 65.2 Å². The van der Waals surface area contributed by atoms with E-state index in [-0.39, 0.29) is 0 Å². The minimum absolute atomic E-state index is 0.791. The van der Waals surface area contributed by atoms with Gasteiger partial charge in [-0.1, -0.05) is 0 Å². The Kier molecular flexibility index (Phi) is 12.7. The second kappa shape index (κ2) is 14.0. The lowest BCUT2D eigenvalue weighted by Gasteiger charge is -2.30. The van der Waals surface area contributed by atoms with Crippen molar-refractivity contribution in [2.45, 2.75) is 25.7 Å². The van der Waals surface area contributed by atoms with Crippen LogP contribution in [-0.4, -0.2) is 112 Å². The van der Waals surface area contributed by atoms with Gasteiger partial charge in [0.25, 0.3) is 0 Å². The Balaban J connectivity index is 2.55. The fourth-order valence-corrected chi connectivity index (χ4v) is 3.28. The molecule has 1 rings (SSSR count). The van der Waals surface area contributed by atoms with E-state index in [1.54, 1.807) is 0 Å². The van der Waals surface area contributed by atoms with E-state index >= 15 is 0 Å². The van der Waals surface area contributed by atoms with Crippen molar-refractivity contribution in [3.05, 3.63) is 0 Å². The maximum atomic E-state index is 5.72. The summed E-state index contributed by atoms with van der Waals surface area (Å²) in [5.74, 6) is 0. The van der Waals surface area contributed by atoms with Gasteiger partial charge in [0.2, 0.25) is 0 Å². The molecule has 4 N–H and O–H groups in total. The highest BCUT2D eigenvalue weighted by atomic mass is 15.2. The molecule has 6 heteroatoms. The van der Waals surface area contributed by atoms with Crippen LogP contribution in [0.2, 0.25) is 0 Å². The molecule has 1 heterocycles. The second-order valence-electron chi connectivity index (χ2n) is 7.28. The van der Waals surface area contributed by atoms with Crippen LogP contribution in [0.15, 0.2) is 0 Å². The maximum absolute atomic E-state index is 5.72. The van der Waals surface area contributed by atoms with Gasteiger partial charge in [-0.15, -0.1) is 0 Å². The zero-order valence-corrected chi connectivity index (χ0v) is 16.3. The smallest absolute Gasteiger partial charge is 0.0109 e. The van der Waals surface area contributed by atoms with E-state index in [0.29, 0.717) is 0 Å². The van der Waals surface area contributed by atoms with Crippen molar-refractivity contribution in [2.75, 3.05) is 92.6 Å². The normalized spacial score (nSPS) is 22.5. The summed E-state index contributed by atoms with van der Waals surface area (Å²) in [4.78, 5) is 10.1. The van der Waals surface area contributed by atoms with Crippen LogP contribution in [-0.2, 0) is 0 Å². The Morgan fingerprint density at radius 3 is 1.38 bits per heavy atom. The van der Waals surface area contributed by atoms with E-state index in [1.165, 1.54) is 39.0 Å². The molecular weight excluding hydrogens is 300 g/mol. The fraction of sp³-hybridized carbons (Fsp3) is 1.00. The van der Waals surface area contributed by atoms with Gasteiger partial charge >= 0.3 is 0 Å². The van der Waals surface area contributed by atoms with E-state index in [2.05, 4.69) is 33.7 Å². The number of nitrogens with two attached hydrogens (primary N) is 2. The van der Waals surface area contributed by atoms with Crippen LogP contribution in [0.4, 0.5) is 0 Å². The Labute approximate surface area is 150 Å². The van der Waals surface area contributed by atoms with Crippen molar-refractivity contribution in [1.82, 2.24) is 19.6 Å². The summed E-state index contributed by atoms with van der Waals surface area (Å²) in [6, 6.07) is 0. The molecule has 0 aromatic heterocycles. The van der Waals surface area contributed by atoms with Gasteiger partial charge in [0.05, 0.1) is 0 Å². The van der Waals surface area contributed by atoms with E-state index in [1.807, 2.05) is 0 Å². The predicted octanol–water partition coefficient (Wildman–Crippen LogP) is -0.0546. The van der Waals surface area contributed by atoms with Crippen LogP contribution in [0, 0.1) is 0 Å². The lowest BCUT2D eigenvalue weighted by molar-refractivity contribution is 0.174. The number of nitrogens with zero attached hydrogens (tertiary/aromatic N) is 4. The summed E-state index contributed by atoms with van der Waals surface area (Å²) in [6.45, 7) is 13.2. The van der Waals surface area contributed by atoms with Crippen molar-refractivity contribution in [3.8, 4) is 0 Å². The zero-order valence-electron chi connectivity index (χ0n) is 16.3. The minimum Gasteiger partial charge on any atom is -0.330 e. The van der Waals surface area contributed by atoms with Crippen molar-refractivity contribution in [2.24, 2.45) is 11.5 Å². The van der Waals surface area contributed by atoms with Gasteiger partial charge in [-0.05, 0) is 92.1 Å². The molecule has 0 unspecified atom stereocenters. The van der Waals surface area contributed by atoms with Crippen LogP contribution in [0.5, 0.6) is 0 Å². The molecule has 0 atom stereocenters. The standard InChI is InChI=1S/C18H42N6/c1-21-9-5-13-23(11-3-7-19)17-18-24(12-4-8-20)14-6-10-22(2)16-15-21/h3-20H2,1-2H3. The molecule has 144 valence electrons. The quantitative estimate of drug-likeness (QED) is 0.705. The van der Waals surface area contributed by atoms with Crippen LogP contribution in [0.1, 0.15) is 25.7 Å². The first-order valence-electron chi connectivity index (χ1n) is 9.87. The first-order chi connectivity index (χ1) is 11.7. The Bertz CT molecular complexity index is 261. The average Bonchev–Trinajstić information content (AvgIpc) is 2.58. The molecule has 0 radical (unpaired) electrons. The monoisotopic (exact) mass is 342 g/mol. The zero-order chi connectivity index (χ0) is 17.6. The molecule has 1 fully saturated rings. The molecule has 0 aromatic rings. The van der Waals surface area contributed by atoms with E-state index in [9.17, 15) is 0 Å². The molecule has 0 amide bonds. The molecule has 0 aliphatic carbocycles.